The fraction of sp³-hybridized carbons (Fsp3) is 0.933. The van der Waals surface area contributed by atoms with Crippen LogP contribution in [0.1, 0.15) is 40.0 Å². The van der Waals surface area contributed by atoms with Gasteiger partial charge in [-0.05, 0) is 37.8 Å². The summed E-state index contributed by atoms with van der Waals surface area (Å²) in [6.07, 6.45) is 3.45. The van der Waals surface area contributed by atoms with Gasteiger partial charge in [0.05, 0.1) is 5.92 Å². The lowest BCUT2D eigenvalue weighted by Gasteiger charge is -2.29. The van der Waals surface area contributed by atoms with E-state index in [-0.39, 0.29) is 17.2 Å². The maximum Gasteiger partial charge on any atom is 0.226 e. The Morgan fingerprint density at radius 2 is 1.89 bits per heavy atom. The molecule has 1 saturated heterocycles. The Labute approximate surface area is 118 Å². The summed E-state index contributed by atoms with van der Waals surface area (Å²) >= 11 is 0. The van der Waals surface area contributed by atoms with Crippen molar-refractivity contribution >= 4 is 5.91 Å². The Morgan fingerprint density at radius 3 is 2.37 bits per heavy atom. The minimum atomic E-state index is -0.0384. The highest BCUT2D eigenvalue weighted by molar-refractivity contribution is 5.78. The van der Waals surface area contributed by atoms with Gasteiger partial charge in [0.2, 0.25) is 5.91 Å². The number of likely N-dealkylation sites (N-methyl/N-ethyl adjacent to an activating group) is 1. The van der Waals surface area contributed by atoms with Crippen LogP contribution in [0.2, 0.25) is 0 Å². The number of hydrogen-bond donors (Lipinski definition) is 1. The summed E-state index contributed by atoms with van der Waals surface area (Å²) < 4.78 is 0. The van der Waals surface area contributed by atoms with Crippen molar-refractivity contribution in [3.63, 3.8) is 0 Å². The summed E-state index contributed by atoms with van der Waals surface area (Å²) in [5.41, 5.74) is 5.93. The predicted molar refractivity (Wildman–Crippen MR) is 79.9 cm³/mol. The molecule has 0 bridgehead atoms. The van der Waals surface area contributed by atoms with Gasteiger partial charge in [-0.3, -0.25) is 4.79 Å². The zero-order chi connectivity index (χ0) is 14.5. The third-order valence-corrected chi connectivity index (χ3v) is 3.82. The molecular formula is C15H31N3O. The number of nitrogens with zero attached hydrogens (tertiary/aromatic N) is 2. The fourth-order valence-corrected chi connectivity index (χ4v) is 2.73. The SMILES string of the molecule is CN(CCN1CCCC1)C(=O)C(CN)CC(C)(C)C. The first kappa shape index (κ1) is 16.4. The molecule has 1 rings (SSSR count). The Balaban J connectivity index is 2.39. The number of likely N-dealkylation sites (tertiary alicyclic amines) is 1. The Hall–Kier alpha value is -0.610. The molecule has 112 valence electrons. The van der Waals surface area contributed by atoms with Crippen molar-refractivity contribution in [1.82, 2.24) is 9.80 Å². The molecule has 19 heavy (non-hydrogen) atoms. The van der Waals surface area contributed by atoms with E-state index in [2.05, 4.69) is 25.7 Å². The number of carbonyl (C=O) groups is 1. The van der Waals surface area contributed by atoms with E-state index in [1.54, 1.807) is 0 Å². The molecule has 0 radical (unpaired) electrons. The normalized spacial score (nSPS) is 18.6. The second-order valence-corrected chi connectivity index (χ2v) is 7.01. The van der Waals surface area contributed by atoms with Crippen LogP contribution in [0.15, 0.2) is 0 Å². The third kappa shape index (κ3) is 5.91. The van der Waals surface area contributed by atoms with Gasteiger partial charge >= 0.3 is 0 Å². The molecular weight excluding hydrogens is 238 g/mol. The third-order valence-electron chi connectivity index (χ3n) is 3.82. The minimum absolute atomic E-state index is 0.0384. The molecule has 0 saturated carbocycles. The van der Waals surface area contributed by atoms with Crippen molar-refractivity contribution in [3.05, 3.63) is 0 Å². The van der Waals surface area contributed by atoms with Crippen LogP contribution < -0.4 is 5.73 Å². The molecule has 1 heterocycles. The average Bonchev–Trinajstić information content (AvgIpc) is 2.84. The van der Waals surface area contributed by atoms with Crippen LogP contribution >= 0.6 is 0 Å². The maximum atomic E-state index is 12.4. The highest BCUT2D eigenvalue weighted by Crippen LogP contribution is 2.24. The fourth-order valence-electron chi connectivity index (χ4n) is 2.73. The zero-order valence-electron chi connectivity index (χ0n) is 13.1. The van der Waals surface area contributed by atoms with Crippen molar-refractivity contribution in [2.75, 3.05) is 39.8 Å². The summed E-state index contributed by atoms with van der Waals surface area (Å²) in [5.74, 6) is 0.167. The van der Waals surface area contributed by atoms with Crippen LogP contribution in [-0.2, 0) is 4.79 Å². The highest BCUT2D eigenvalue weighted by Gasteiger charge is 2.26. The Bertz CT molecular complexity index is 280. The van der Waals surface area contributed by atoms with Gasteiger partial charge in [-0.1, -0.05) is 20.8 Å². The Morgan fingerprint density at radius 1 is 1.32 bits per heavy atom. The number of nitrogens with two attached hydrogens (primary N) is 1. The summed E-state index contributed by atoms with van der Waals surface area (Å²) in [6, 6.07) is 0. The number of amides is 1. The van der Waals surface area contributed by atoms with Gasteiger partial charge < -0.3 is 15.5 Å². The first-order chi connectivity index (χ1) is 8.83. The Kier molecular flexibility index (Phi) is 6.27. The molecule has 1 amide bonds. The van der Waals surface area contributed by atoms with Gasteiger partial charge in [0.15, 0.2) is 0 Å². The lowest BCUT2D eigenvalue weighted by atomic mass is 9.84. The first-order valence-electron chi connectivity index (χ1n) is 7.51. The van der Waals surface area contributed by atoms with Crippen LogP contribution in [-0.4, -0.2) is 55.5 Å². The van der Waals surface area contributed by atoms with Crippen molar-refractivity contribution in [2.24, 2.45) is 17.1 Å². The number of rotatable bonds is 6. The highest BCUT2D eigenvalue weighted by atomic mass is 16.2. The topological polar surface area (TPSA) is 49.6 Å². The lowest BCUT2D eigenvalue weighted by Crippen LogP contribution is -2.41. The smallest absolute Gasteiger partial charge is 0.226 e. The minimum Gasteiger partial charge on any atom is -0.344 e. The van der Waals surface area contributed by atoms with Gasteiger partial charge in [0.25, 0.3) is 0 Å². The van der Waals surface area contributed by atoms with Crippen molar-refractivity contribution in [1.29, 1.82) is 0 Å². The molecule has 1 aliphatic rings. The number of hydrogen-bond acceptors (Lipinski definition) is 3. The van der Waals surface area contributed by atoms with Gasteiger partial charge in [0, 0.05) is 26.7 Å². The molecule has 1 unspecified atom stereocenters. The maximum absolute atomic E-state index is 12.4. The van der Waals surface area contributed by atoms with E-state index >= 15 is 0 Å². The first-order valence-corrected chi connectivity index (χ1v) is 7.51. The molecule has 0 aliphatic carbocycles. The molecule has 1 atom stereocenters. The van der Waals surface area contributed by atoms with Crippen LogP contribution in [0.5, 0.6) is 0 Å². The molecule has 1 fully saturated rings. The molecule has 1 aliphatic heterocycles. The van der Waals surface area contributed by atoms with E-state index in [1.165, 1.54) is 25.9 Å². The molecule has 0 aromatic carbocycles. The molecule has 0 spiro atoms. The van der Waals surface area contributed by atoms with E-state index in [1.807, 2.05) is 11.9 Å². The second kappa shape index (κ2) is 7.25. The van der Waals surface area contributed by atoms with Crippen LogP contribution in [0, 0.1) is 11.3 Å². The summed E-state index contributed by atoms with van der Waals surface area (Å²) in [4.78, 5) is 16.7. The van der Waals surface area contributed by atoms with E-state index in [9.17, 15) is 4.79 Å². The molecule has 0 aromatic rings. The van der Waals surface area contributed by atoms with Crippen molar-refractivity contribution < 1.29 is 4.79 Å². The molecule has 4 heteroatoms. The molecule has 0 aromatic heterocycles. The van der Waals surface area contributed by atoms with Crippen LogP contribution in [0.4, 0.5) is 0 Å². The summed E-state index contributed by atoms with van der Waals surface area (Å²) in [7, 11) is 1.91. The lowest BCUT2D eigenvalue weighted by molar-refractivity contribution is -0.135. The summed E-state index contributed by atoms with van der Waals surface area (Å²) in [5, 5.41) is 0. The molecule has 4 nitrogen and oxygen atoms in total. The van der Waals surface area contributed by atoms with Gasteiger partial charge in [-0.2, -0.15) is 0 Å². The van der Waals surface area contributed by atoms with Crippen molar-refractivity contribution in [2.45, 2.75) is 40.0 Å². The number of carbonyl (C=O) groups excluding carboxylic acids is 1. The monoisotopic (exact) mass is 269 g/mol. The summed E-state index contributed by atoms with van der Waals surface area (Å²) in [6.45, 7) is 11.1. The van der Waals surface area contributed by atoms with Gasteiger partial charge in [-0.15, -0.1) is 0 Å². The van der Waals surface area contributed by atoms with Crippen molar-refractivity contribution in [3.8, 4) is 0 Å². The average molecular weight is 269 g/mol. The largest absolute Gasteiger partial charge is 0.344 e. The van der Waals surface area contributed by atoms with E-state index in [4.69, 9.17) is 5.73 Å². The quantitative estimate of drug-likeness (QED) is 0.796. The zero-order valence-corrected chi connectivity index (χ0v) is 13.1. The standard InChI is InChI=1S/C15H31N3O/c1-15(2,3)11-13(12-16)14(19)17(4)9-10-18-7-5-6-8-18/h13H,5-12,16H2,1-4H3. The van der Waals surface area contributed by atoms with E-state index < -0.39 is 0 Å². The molecule has 2 N–H and O–H groups in total. The van der Waals surface area contributed by atoms with Gasteiger partial charge in [0.1, 0.15) is 0 Å². The van der Waals surface area contributed by atoms with E-state index in [0.717, 1.165) is 19.5 Å². The van der Waals surface area contributed by atoms with E-state index in [0.29, 0.717) is 6.54 Å². The van der Waals surface area contributed by atoms with Gasteiger partial charge in [-0.25, -0.2) is 0 Å². The van der Waals surface area contributed by atoms with Crippen LogP contribution in [0.25, 0.3) is 0 Å². The van der Waals surface area contributed by atoms with Crippen LogP contribution in [0.3, 0.4) is 0 Å². The predicted octanol–water partition coefficient (Wildman–Crippen LogP) is 1.55. The second-order valence-electron chi connectivity index (χ2n) is 7.01.